The predicted octanol–water partition coefficient (Wildman–Crippen LogP) is 1.87. The van der Waals surface area contributed by atoms with E-state index in [1.54, 1.807) is 28.6 Å². The Morgan fingerprint density at radius 2 is 2.00 bits per heavy atom. The molecule has 104 valence electrons. The highest BCUT2D eigenvalue weighted by Crippen LogP contribution is 2.34. The average Bonchev–Trinajstić information content (AvgIpc) is 2.78. The van der Waals surface area contributed by atoms with Gasteiger partial charge in [0.1, 0.15) is 0 Å². The standard InChI is InChI=1S/C14H19NO3S/c1-11-9-12-7-8-15(10-14(12)18-11)19(16,17)13-5-3-2-4-6-13/h2-6,11-12,14H,7-10H2,1H3/t11-,12-,14+/m0/s1. The summed E-state index contributed by atoms with van der Waals surface area (Å²) in [5.41, 5.74) is 0. The summed E-state index contributed by atoms with van der Waals surface area (Å²) in [6, 6.07) is 8.65. The molecule has 0 amide bonds. The molecule has 19 heavy (non-hydrogen) atoms. The second-order valence-corrected chi connectivity index (χ2v) is 7.38. The van der Waals surface area contributed by atoms with Crippen molar-refractivity contribution in [3.8, 4) is 0 Å². The van der Waals surface area contributed by atoms with Gasteiger partial charge >= 0.3 is 0 Å². The van der Waals surface area contributed by atoms with E-state index < -0.39 is 10.0 Å². The van der Waals surface area contributed by atoms with Crippen molar-refractivity contribution < 1.29 is 13.2 Å². The van der Waals surface area contributed by atoms with Crippen LogP contribution in [0, 0.1) is 5.92 Å². The molecular weight excluding hydrogens is 262 g/mol. The highest BCUT2D eigenvalue weighted by atomic mass is 32.2. The maximum Gasteiger partial charge on any atom is 0.243 e. The van der Waals surface area contributed by atoms with Crippen molar-refractivity contribution in [3.05, 3.63) is 30.3 Å². The number of rotatable bonds is 2. The fraction of sp³-hybridized carbons (Fsp3) is 0.571. The fourth-order valence-corrected chi connectivity index (χ4v) is 4.59. The maximum absolute atomic E-state index is 12.5. The Morgan fingerprint density at radius 1 is 1.26 bits per heavy atom. The first-order chi connectivity index (χ1) is 9.07. The molecule has 2 saturated heterocycles. The van der Waals surface area contributed by atoms with E-state index in [-0.39, 0.29) is 12.2 Å². The van der Waals surface area contributed by atoms with E-state index in [9.17, 15) is 8.42 Å². The van der Waals surface area contributed by atoms with E-state index in [1.165, 1.54) is 0 Å². The molecule has 2 fully saturated rings. The zero-order valence-corrected chi connectivity index (χ0v) is 11.8. The normalized spacial score (nSPS) is 32.2. The summed E-state index contributed by atoms with van der Waals surface area (Å²) < 4.78 is 32.4. The van der Waals surface area contributed by atoms with Gasteiger partial charge in [-0.2, -0.15) is 4.31 Å². The Balaban J connectivity index is 1.80. The minimum atomic E-state index is -3.36. The highest BCUT2D eigenvalue weighted by Gasteiger charge is 2.40. The van der Waals surface area contributed by atoms with Crippen molar-refractivity contribution >= 4 is 10.0 Å². The molecule has 0 unspecified atom stereocenters. The monoisotopic (exact) mass is 281 g/mol. The SMILES string of the molecule is C[C@H]1C[C@@H]2CCN(S(=O)(=O)c3ccccc3)C[C@H]2O1. The van der Waals surface area contributed by atoms with Gasteiger partial charge in [-0.05, 0) is 37.8 Å². The lowest BCUT2D eigenvalue weighted by Gasteiger charge is -2.33. The van der Waals surface area contributed by atoms with Crippen LogP contribution in [0.15, 0.2) is 35.2 Å². The van der Waals surface area contributed by atoms with Crippen LogP contribution in [0.3, 0.4) is 0 Å². The lowest BCUT2D eigenvalue weighted by atomic mass is 9.93. The first-order valence-electron chi connectivity index (χ1n) is 6.78. The average molecular weight is 281 g/mol. The van der Waals surface area contributed by atoms with Gasteiger partial charge in [0.05, 0.1) is 17.1 Å². The van der Waals surface area contributed by atoms with Gasteiger partial charge in [0.2, 0.25) is 10.0 Å². The van der Waals surface area contributed by atoms with Crippen LogP contribution in [0.25, 0.3) is 0 Å². The molecule has 2 heterocycles. The molecule has 0 N–H and O–H groups in total. The lowest BCUT2D eigenvalue weighted by molar-refractivity contribution is 0.0182. The molecule has 1 aromatic carbocycles. The molecule has 1 aromatic rings. The molecule has 4 nitrogen and oxygen atoms in total. The van der Waals surface area contributed by atoms with Gasteiger partial charge < -0.3 is 4.74 Å². The van der Waals surface area contributed by atoms with E-state index >= 15 is 0 Å². The molecule has 0 aliphatic carbocycles. The molecule has 2 aliphatic rings. The molecule has 0 saturated carbocycles. The van der Waals surface area contributed by atoms with Gasteiger partial charge in [-0.15, -0.1) is 0 Å². The van der Waals surface area contributed by atoms with Gasteiger partial charge in [0.15, 0.2) is 0 Å². The number of nitrogens with zero attached hydrogens (tertiary/aromatic N) is 1. The second-order valence-electron chi connectivity index (χ2n) is 5.45. The van der Waals surface area contributed by atoms with Crippen LogP contribution in [0.1, 0.15) is 19.8 Å². The Labute approximate surface area is 114 Å². The molecule has 3 atom stereocenters. The van der Waals surface area contributed by atoms with Gasteiger partial charge in [-0.1, -0.05) is 18.2 Å². The maximum atomic E-state index is 12.5. The van der Waals surface area contributed by atoms with E-state index in [0.717, 1.165) is 12.8 Å². The summed E-state index contributed by atoms with van der Waals surface area (Å²) in [5, 5.41) is 0. The van der Waals surface area contributed by atoms with Crippen molar-refractivity contribution in [1.29, 1.82) is 0 Å². The largest absolute Gasteiger partial charge is 0.374 e. The summed E-state index contributed by atoms with van der Waals surface area (Å²) in [4.78, 5) is 0.375. The molecule has 3 rings (SSSR count). The first-order valence-corrected chi connectivity index (χ1v) is 8.22. The van der Waals surface area contributed by atoms with Crippen LogP contribution in [0.2, 0.25) is 0 Å². The van der Waals surface area contributed by atoms with Crippen molar-refractivity contribution in [3.63, 3.8) is 0 Å². The Hall–Kier alpha value is -0.910. The smallest absolute Gasteiger partial charge is 0.243 e. The third-order valence-electron chi connectivity index (χ3n) is 4.08. The van der Waals surface area contributed by atoms with Crippen LogP contribution in [0.4, 0.5) is 0 Å². The Morgan fingerprint density at radius 3 is 2.74 bits per heavy atom. The number of hydrogen-bond donors (Lipinski definition) is 0. The number of benzene rings is 1. The summed E-state index contributed by atoms with van der Waals surface area (Å²) in [7, 11) is -3.36. The molecule has 0 aromatic heterocycles. The molecule has 2 aliphatic heterocycles. The van der Waals surface area contributed by atoms with Gasteiger partial charge in [-0.25, -0.2) is 8.42 Å². The van der Waals surface area contributed by atoms with Crippen LogP contribution in [-0.4, -0.2) is 38.0 Å². The number of fused-ring (bicyclic) bond motifs is 1. The van der Waals surface area contributed by atoms with Crippen LogP contribution >= 0.6 is 0 Å². The molecular formula is C14H19NO3S. The van der Waals surface area contributed by atoms with E-state index in [0.29, 0.717) is 23.9 Å². The number of piperidine rings is 1. The second kappa shape index (κ2) is 4.89. The Kier molecular flexibility index (Phi) is 3.37. The van der Waals surface area contributed by atoms with E-state index in [2.05, 4.69) is 6.92 Å². The molecule has 0 bridgehead atoms. The Bertz CT molecular complexity index is 543. The minimum Gasteiger partial charge on any atom is -0.374 e. The fourth-order valence-electron chi connectivity index (χ4n) is 3.10. The lowest BCUT2D eigenvalue weighted by Crippen LogP contribution is -2.45. The molecule has 0 radical (unpaired) electrons. The van der Waals surface area contributed by atoms with E-state index in [1.807, 2.05) is 6.07 Å². The van der Waals surface area contributed by atoms with Gasteiger partial charge in [0, 0.05) is 13.1 Å². The number of ether oxygens (including phenoxy) is 1. The number of sulfonamides is 1. The third-order valence-corrected chi connectivity index (χ3v) is 5.96. The highest BCUT2D eigenvalue weighted by molar-refractivity contribution is 7.89. The summed E-state index contributed by atoms with van der Waals surface area (Å²) in [5.74, 6) is 0.525. The van der Waals surface area contributed by atoms with Crippen molar-refractivity contribution in [1.82, 2.24) is 4.31 Å². The van der Waals surface area contributed by atoms with E-state index in [4.69, 9.17) is 4.74 Å². The third kappa shape index (κ3) is 2.42. The summed E-state index contributed by atoms with van der Waals surface area (Å²) >= 11 is 0. The zero-order chi connectivity index (χ0) is 13.5. The molecule has 0 spiro atoms. The predicted molar refractivity (Wildman–Crippen MR) is 72.3 cm³/mol. The van der Waals surface area contributed by atoms with Gasteiger partial charge in [-0.3, -0.25) is 0 Å². The minimum absolute atomic E-state index is 0.0715. The van der Waals surface area contributed by atoms with Crippen molar-refractivity contribution in [2.75, 3.05) is 13.1 Å². The number of hydrogen-bond acceptors (Lipinski definition) is 3. The molecule has 5 heteroatoms. The first kappa shape index (κ1) is 13.1. The van der Waals surface area contributed by atoms with Crippen LogP contribution < -0.4 is 0 Å². The quantitative estimate of drug-likeness (QED) is 0.831. The van der Waals surface area contributed by atoms with Crippen molar-refractivity contribution in [2.24, 2.45) is 5.92 Å². The van der Waals surface area contributed by atoms with Crippen molar-refractivity contribution in [2.45, 2.75) is 36.9 Å². The summed E-state index contributed by atoms with van der Waals surface area (Å²) in [6.07, 6.45) is 2.29. The van der Waals surface area contributed by atoms with Crippen LogP contribution in [-0.2, 0) is 14.8 Å². The zero-order valence-electron chi connectivity index (χ0n) is 11.0. The topological polar surface area (TPSA) is 46.6 Å². The summed E-state index contributed by atoms with van der Waals surface area (Å²) in [6.45, 7) is 3.16. The van der Waals surface area contributed by atoms with Gasteiger partial charge in [0.25, 0.3) is 0 Å². The van der Waals surface area contributed by atoms with Crippen LogP contribution in [0.5, 0.6) is 0 Å².